The Labute approximate surface area is 141 Å². The summed E-state index contributed by atoms with van der Waals surface area (Å²) in [5, 5.41) is 2.77. The van der Waals surface area contributed by atoms with Crippen LogP contribution in [0.15, 0.2) is 5.38 Å². The highest BCUT2D eigenvalue weighted by molar-refractivity contribution is 7.09. The zero-order valence-corrected chi connectivity index (χ0v) is 14.8. The summed E-state index contributed by atoms with van der Waals surface area (Å²) in [6, 6.07) is -0.0949. The highest BCUT2D eigenvalue weighted by Crippen LogP contribution is 2.23. The van der Waals surface area contributed by atoms with Gasteiger partial charge in [-0.3, -0.25) is 9.59 Å². The maximum atomic E-state index is 12.4. The van der Waals surface area contributed by atoms with E-state index in [1.54, 1.807) is 4.90 Å². The number of methoxy groups -OCH3 is 1. The third kappa shape index (κ3) is 4.51. The summed E-state index contributed by atoms with van der Waals surface area (Å²) in [7, 11) is 1.39. The number of carbonyl (C=O) groups excluding carboxylic acids is 2. The molecule has 128 valence electrons. The van der Waals surface area contributed by atoms with E-state index >= 15 is 0 Å². The summed E-state index contributed by atoms with van der Waals surface area (Å²) in [5.74, 6) is -0.124. The van der Waals surface area contributed by atoms with Crippen LogP contribution < -0.4 is 5.73 Å². The number of nitrogens with two attached hydrogens (primary N) is 1. The van der Waals surface area contributed by atoms with Gasteiger partial charge in [0.25, 0.3) is 0 Å². The van der Waals surface area contributed by atoms with Gasteiger partial charge >= 0.3 is 5.97 Å². The minimum Gasteiger partial charge on any atom is -0.469 e. The van der Waals surface area contributed by atoms with Crippen LogP contribution in [0.1, 0.15) is 43.4 Å². The first-order valence-electron chi connectivity index (χ1n) is 7.97. The molecule has 0 aromatic carbocycles. The molecule has 2 rings (SSSR count). The van der Waals surface area contributed by atoms with E-state index in [1.807, 2.05) is 5.38 Å². The Bertz CT molecular complexity index is 559. The van der Waals surface area contributed by atoms with Crippen LogP contribution in [0.5, 0.6) is 0 Å². The Balaban J connectivity index is 1.95. The van der Waals surface area contributed by atoms with E-state index in [0.29, 0.717) is 19.0 Å². The highest BCUT2D eigenvalue weighted by atomic mass is 32.1. The van der Waals surface area contributed by atoms with Gasteiger partial charge < -0.3 is 15.4 Å². The normalized spacial score (nSPS) is 19.7. The number of ether oxygens (including phenoxy) is 1. The summed E-state index contributed by atoms with van der Waals surface area (Å²) in [6.45, 7) is 5.23. The molecule has 1 aliphatic heterocycles. The fourth-order valence-corrected chi connectivity index (χ4v) is 3.66. The van der Waals surface area contributed by atoms with Gasteiger partial charge in [-0.1, -0.05) is 13.8 Å². The summed E-state index contributed by atoms with van der Waals surface area (Å²) < 4.78 is 4.79. The number of nitrogens with zero attached hydrogens (tertiary/aromatic N) is 2. The van der Waals surface area contributed by atoms with Crippen LogP contribution in [0.25, 0.3) is 0 Å². The lowest BCUT2D eigenvalue weighted by Gasteiger charge is -2.31. The molecule has 0 spiro atoms. The van der Waals surface area contributed by atoms with Crippen molar-refractivity contribution in [2.45, 2.75) is 39.2 Å². The van der Waals surface area contributed by atoms with Gasteiger partial charge in [-0.25, -0.2) is 4.98 Å². The first-order valence-corrected chi connectivity index (χ1v) is 8.85. The van der Waals surface area contributed by atoms with E-state index in [4.69, 9.17) is 10.5 Å². The van der Waals surface area contributed by atoms with Gasteiger partial charge in [0, 0.05) is 18.5 Å². The number of aromatic nitrogens is 1. The van der Waals surface area contributed by atoms with Crippen LogP contribution in [0.3, 0.4) is 0 Å². The van der Waals surface area contributed by atoms with Crippen molar-refractivity contribution >= 4 is 23.2 Å². The molecule has 0 radical (unpaired) electrons. The molecule has 1 fully saturated rings. The van der Waals surface area contributed by atoms with Crippen LogP contribution in [-0.4, -0.2) is 42.0 Å². The molecular formula is C16H25N3O3S. The second-order valence-electron chi connectivity index (χ2n) is 6.33. The van der Waals surface area contributed by atoms with Crippen molar-refractivity contribution in [3.63, 3.8) is 0 Å². The summed E-state index contributed by atoms with van der Waals surface area (Å²) in [6.07, 6.45) is 1.86. The molecule has 1 aliphatic rings. The van der Waals surface area contributed by atoms with Crippen molar-refractivity contribution < 1.29 is 14.3 Å². The lowest BCUT2D eigenvalue weighted by atomic mass is 9.98. The van der Waals surface area contributed by atoms with Crippen LogP contribution in [0.4, 0.5) is 0 Å². The second kappa shape index (κ2) is 7.88. The van der Waals surface area contributed by atoms with Crippen molar-refractivity contribution in [3.8, 4) is 0 Å². The van der Waals surface area contributed by atoms with Crippen LogP contribution in [0.2, 0.25) is 0 Å². The Morgan fingerprint density at radius 3 is 2.91 bits per heavy atom. The molecule has 0 saturated carbocycles. The topological polar surface area (TPSA) is 85.5 Å². The Hall–Kier alpha value is -1.47. The van der Waals surface area contributed by atoms with Gasteiger partial charge in [0.15, 0.2) is 0 Å². The number of hydrogen-bond donors (Lipinski definition) is 1. The molecular weight excluding hydrogens is 314 g/mol. The quantitative estimate of drug-likeness (QED) is 0.826. The molecule has 2 heterocycles. The number of rotatable bonds is 5. The van der Waals surface area contributed by atoms with Crippen molar-refractivity contribution in [3.05, 3.63) is 16.1 Å². The Kier molecular flexibility index (Phi) is 6.12. The van der Waals surface area contributed by atoms with E-state index in [0.717, 1.165) is 23.5 Å². The molecule has 2 N–H and O–H groups in total. The maximum absolute atomic E-state index is 12.4. The molecule has 2 unspecified atom stereocenters. The first kappa shape index (κ1) is 17.9. The number of likely N-dealkylation sites (tertiary alicyclic amines) is 1. The van der Waals surface area contributed by atoms with Crippen molar-refractivity contribution in [1.82, 2.24) is 9.88 Å². The SMILES string of the molecule is COC(=O)C1CCCN(C(=O)Cc2csc(C(N)C(C)C)n2)C1. The smallest absolute Gasteiger partial charge is 0.310 e. The van der Waals surface area contributed by atoms with Gasteiger partial charge in [0.05, 0.1) is 31.2 Å². The summed E-state index contributed by atoms with van der Waals surface area (Å²) in [4.78, 5) is 30.3. The fourth-order valence-electron chi connectivity index (χ4n) is 2.67. The second-order valence-corrected chi connectivity index (χ2v) is 7.22. The number of piperidine rings is 1. The molecule has 1 amide bonds. The zero-order chi connectivity index (χ0) is 17.0. The van der Waals surface area contributed by atoms with Gasteiger partial charge in [-0.05, 0) is 18.8 Å². The molecule has 1 aromatic rings. The molecule has 7 heteroatoms. The van der Waals surface area contributed by atoms with Gasteiger partial charge in [-0.15, -0.1) is 11.3 Å². The monoisotopic (exact) mass is 339 g/mol. The van der Waals surface area contributed by atoms with E-state index in [2.05, 4.69) is 18.8 Å². The summed E-state index contributed by atoms with van der Waals surface area (Å²) >= 11 is 1.50. The third-order valence-electron chi connectivity index (χ3n) is 4.21. The van der Waals surface area contributed by atoms with Crippen LogP contribution in [-0.2, 0) is 20.7 Å². The highest BCUT2D eigenvalue weighted by Gasteiger charge is 2.29. The first-order chi connectivity index (χ1) is 10.9. The average Bonchev–Trinajstić information content (AvgIpc) is 3.01. The van der Waals surface area contributed by atoms with E-state index in [9.17, 15) is 9.59 Å². The lowest BCUT2D eigenvalue weighted by molar-refractivity contribution is -0.148. The number of thiazole rings is 1. The molecule has 1 saturated heterocycles. The number of carbonyl (C=O) groups is 2. The predicted molar refractivity (Wildman–Crippen MR) is 88.9 cm³/mol. The van der Waals surface area contributed by atoms with Gasteiger partial charge in [0.2, 0.25) is 5.91 Å². The predicted octanol–water partition coefficient (Wildman–Crippen LogP) is 1.75. The Morgan fingerprint density at radius 1 is 1.52 bits per heavy atom. The van der Waals surface area contributed by atoms with Crippen LogP contribution >= 0.6 is 11.3 Å². The molecule has 0 aliphatic carbocycles. The minimum absolute atomic E-state index is 0.00794. The average molecular weight is 339 g/mol. The lowest BCUT2D eigenvalue weighted by Crippen LogP contribution is -2.43. The van der Waals surface area contributed by atoms with Gasteiger partial charge in [-0.2, -0.15) is 0 Å². The van der Waals surface area contributed by atoms with Crippen molar-refractivity contribution in [2.75, 3.05) is 20.2 Å². The molecule has 2 atom stereocenters. The standard InChI is InChI=1S/C16H25N3O3S/c1-10(2)14(17)15-18-12(9-23-15)7-13(20)19-6-4-5-11(8-19)16(21)22-3/h9-11,14H,4-8,17H2,1-3H3. The summed E-state index contributed by atoms with van der Waals surface area (Å²) in [5.41, 5.74) is 6.85. The number of esters is 1. The number of hydrogen-bond acceptors (Lipinski definition) is 6. The molecule has 6 nitrogen and oxygen atoms in total. The third-order valence-corrected chi connectivity index (χ3v) is 5.21. The zero-order valence-electron chi connectivity index (χ0n) is 13.9. The largest absolute Gasteiger partial charge is 0.469 e. The van der Waals surface area contributed by atoms with Crippen LogP contribution in [0, 0.1) is 11.8 Å². The van der Waals surface area contributed by atoms with E-state index < -0.39 is 0 Å². The number of amides is 1. The molecule has 0 bridgehead atoms. The maximum Gasteiger partial charge on any atom is 0.310 e. The van der Waals surface area contributed by atoms with Crippen molar-refractivity contribution in [2.24, 2.45) is 17.6 Å². The van der Waals surface area contributed by atoms with Gasteiger partial charge in [0.1, 0.15) is 5.01 Å². The molecule has 1 aromatic heterocycles. The minimum atomic E-state index is -0.235. The fraction of sp³-hybridized carbons (Fsp3) is 0.688. The van der Waals surface area contributed by atoms with E-state index in [1.165, 1.54) is 18.4 Å². The van der Waals surface area contributed by atoms with Crippen molar-refractivity contribution in [1.29, 1.82) is 0 Å². The Morgan fingerprint density at radius 2 is 2.26 bits per heavy atom. The van der Waals surface area contributed by atoms with E-state index in [-0.39, 0.29) is 30.3 Å². The molecule has 23 heavy (non-hydrogen) atoms.